The summed E-state index contributed by atoms with van der Waals surface area (Å²) in [7, 11) is 1.53. The lowest BCUT2D eigenvalue weighted by Crippen LogP contribution is -2.35. The topological polar surface area (TPSA) is 64.6 Å². The van der Waals surface area contributed by atoms with E-state index in [4.69, 9.17) is 21.1 Å². The molecular formula is C19H20ClNO4. The van der Waals surface area contributed by atoms with Crippen molar-refractivity contribution in [3.05, 3.63) is 64.2 Å². The molecule has 0 saturated carbocycles. The molecule has 5 nitrogen and oxygen atoms in total. The minimum atomic E-state index is -0.910. The number of esters is 1. The van der Waals surface area contributed by atoms with Gasteiger partial charge in [0, 0.05) is 11.6 Å². The van der Waals surface area contributed by atoms with Crippen LogP contribution in [0.4, 0.5) is 0 Å². The van der Waals surface area contributed by atoms with Gasteiger partial charge in [0.05, 0.1) is 12.7 Å². The van der Waals surface area contributed by atoms with E-state index in [1.54, 1.807) is 30.3 Å². The molecule has 2 rings (SSSR count). The molecule has 0 saturated heterocycles. The van der Waals surface area contributed by atoms with Crippen molar-refractivity contribution in [2.75, 3.05) is 7.11 Å². The van der Waals surface area contributed by atoms with Crippen LogP contribution < -0.4 is 10.1 Å². The van der Waals surface area contributed by atoms with Crippen LogP contribution in [0, 0.1) is 6.92 Å². The lowest BCUT2D eigenvalue weighted by Gasteiger charge is -2.14. The maximum atomic E-state index is 12.2. The van der Waals surface area contributed by atoms with Crippen LogP contribution in [0.5, 0.6) is 5.75 Å². The third-order valence-corrected chi connectivity index (χ3v) is 3.93. The van der Waals surface area contributed by atoms with Crippen LogP contribution in [0.1, 0.15) is 28.4 Å². The fourth-order valence-electron chi connectivity index (χ4n) is 2.16. The number of carbonyl (C=O) groups is 2. The molecule has 6 heteroatoms. The first kappa shape index (κ1) is 18.8. The molecule has 0 radical (unpaired) electrons. The summed E-state index contributed by atoms with van der Waals surface area (Å²) in [4.78, 5) is 24.3. The van der Waals surface area contributed by atoms with Crippen molar-refractivity contribution in [3.8, 4) is 5.75 Å². The van der Waals surface area contributed by atoms with Gasteiger partial charge in [0.2, 0.25) is 0 Å². The molecule has 2 aromatic rings. The second kappa shape index (κ2) is 8.53. The van der Waals surface area contributed by atoms with Crippen molar-refractivity contribution in [2.24, 2.45) is 0 Å². The SMILES string of the molecule is COc1cc(C(=O)OC(C)C(=O)NCc2ccc(Cl)cc2)ccc1C. The van der Waals surface area contributed by atoms with Gasteiger partial charge in [0.15, 0.2) is 6.10 Å². The molecule has 0 aliphatic carbocycles. The Hall–Kier alpha value is -2.53. The Morgan fingerprint density at radius 2 is 1.84 bits per heavy atom. The molecule has 0 spiro atoms. The summed E-state index contributed by atoms with van der Waals surface area (Å²) in [6, 6.07) is 12.1. The Balaban J connectivity index is 1.91. The number of ether oxygens (including phenoxy) is 2. The van der Waals surface area contributed by atoms with E-state index in [0.29, 0.717) is 22.9 Å². The Labute approximate surface area is 151 Å². The summed E-state index contributed by atoms with van der Waals surface area (Å²) in [5.41, 5.74) is 2.15. The largest absolute Gasteiger partial charge is 0.496 e. The average Bonchev–Trinajstić information content (AvgIpc) is 2.61. The molecule has 0 aliphatic rings. The summed E-state index contributed by atoms with van der Waals surface area (Å²) < 4.78 is 10.4. The van der Waals surface area contributed by atoms with Crippen molar-refractivity contribution in [3.63, 3.8) is 0 Å². The van der Waals surface area contributed by atoms with Gasteiger partial charge in [-0.15, -0.1) is 0 Å². The quantitative estimate of drug-likeness (QED) is 0.799. The van der Waals surface area contributed by atoms with Crippen LogP contribution in [0.25, 0.3) is 0 Å². The predicted octanol–water partition coefficient (Wildman–Crippen LogP) is 3.52. The van der Waals surface area contributed by atoms with Gasteiger partial charge in [0.1, 0.15) is 5.75 Å². The van der Waals surface area contributed by atoms with Crippen LogP contribution in [0.2, 0.25) is 5.02 Å². The highest BCUT2D eigenvalue weighted by Gasteiger charge is 2.19. The van der Waals surface area contributed by atoms with Crippen molar-refractivity contribution < 1.29 is 19.1 Å². The molecule has 1 amide bonds. The Morgan fingerprint density at radius 1 is 1.16 bits per heavy atom. The number of aryl methyl sites for hydroxylation is 1. The average molecular weight is 362 g/mol. The second-order valence-electron chi connectivity index (χ2n) is 5.58. The summed E-state index contributed by atoms with van der Waals surface area (Å²) in [5.74, 6) is -0.357. The maximum absolute atomic E-state index is 12.2. The fourth-order valence-corrected chi connectivity index (χ4v) is 2.29. The van der Waals surface area contributed by atoms with Crippen LogP contribution in [0.15, 0.2) is 42.5 Å². The van der Waals surface area contributed by atoms with Crippen molar-refractivity contribution in [1.29, 1.82) is 0 Å². The molecule has 0 aromatic heterocycles. The van der Waals surface area contributed by atoms with Gasteiger partial charge in [-0.2, -0.15) is 0 Å². The molecule has 1 atom stereocenters. The third-order valence-electron chi connectivity index (χ3n) is 3.68. The first-order chi connectivity index (χ1) is 11.9. The van der Waals surface area contributed by atoms with Gasteiger partial charge in [-0.1, -0.05) is 29.8 Å². The van der Waals surface area contributed by atoms with Gasteiger partial charge in [-0.3, -0.25) is 4.79 Å². The Kier molecular flexibility index (Phi) is 6.42. The lowest BCUT2D eigenvalue weighted by atomic mass is 10.1. The monoisotopic (exact) mass is 361 g/mol. The van der Waals surface area contributed by atoms with E-state index < -0.39 is 12.1 Å². The number of amides is 1. The summed E-state index contributed by atoms with van der Waals surface area (Å²) in [6.45, 7) is 3.73. The van der Waals surface area contributed by atoms with Crippen LogP contribution in [-0.4, -0.2) is 25.1 Å². The zero-order valence-corrected chi connectivity index (χ0v) is 15.1. The molecule has 2 aromatic carbocycles. The number of benzene rings is 2. The molecule has 0 bridgehead atoms. The molecule has 25 heavy (non-hydrogen) atoms. The highest BCUT2D eigenvalue weighted by Crippen LogP contribution is 2.19. The van der Waals surface area contributed by atoms with Gasteiger partial charge < -0.3 is 14.8 Å². The smallest absolute Gasteiger partial charge is 0.339 e. The predicted molar refractivity (Wildman–Crippen MR) is 95.9 cm³/mol. The Morgan fingerprint density at radius 3 is 2.48 bits per heavy atom. The minimum absolute atomic E-state index is 0.330. The number of rotatable bonds is 6. The number of hydrogen-bond donors (Lipinski definition) is 1. The van der Waals surface area contributed by atoms with E-state index in [0.717, 1.165) is 11.1 Å². The van der Waals surface area contributed by atoms with Gasteiger partial charge in [-0.25, -0.2) is 4.79 Å². The van der Waals surface area contributed by atoms with Crippen LogP contribution in [-0.2, 0) is 16.1 Å². The summed E-state index contributed by atoms with van der Waals surface area (Å²) in [5, 5.41) is 3.35. The minimum Gasteiger partial charge on any atom is -0.496 e. The molecule has 0 aliphatic heterocycles. The van der Waals surface area contributed by atoms with Crippen molar-refractivity contribution in [1.82, 2.24) is 5.32 Å². The maximum Gasteiger partial charge on any atom is 0.339 e. The molecule has 1 N–H and O–H groups in total. The number of methoxy groups -OCH3 is 1. The second-order valence-corrected chi connectivity index (χ2v) is 6.01. The van der Waals surface area contributed by atoms with E-state index >= 15 is 0 Å². The first-order valence-electron chi connectivity index (χ1n) is 7.78. The van der Waals surface area contributed by atoms with E-state index in [9.17, 15) is 9.59 Å². The van der Waals surface area contributed by atoms with E-state index in [1.807, 2.05) is 19.1 Å². The first-order valence-corrected chi connectivity index (χ1v) is 8.16. The summed E-state index contributed by atoms with van der Waals surface area (Å²) in [6.07, 6.45) is -0.910. The molecular weight excluding hydrogens is 342 g/mol. The molecule has 0 heterocycles. The third kappa shape index (κ3) is 5.22. The zero-order chi connectivity index (χ0) is 18.4. The van der Waals surface area contributed by atoms with E-state index in [1.165, 1.54) is 14.0 Å². The molecule has 1 unspecified atom stereocenters. The highest BCUT2D eigenvalue weighted by atomic mass is 35.5. The number of carbonyl (C=O) groups excluding carboxylic acids is 2. The highest BCUT2D eigenvalue weighted by molar-refractivity contribution is 6.30. The zero-order valence-electron chi connectivity index (χ0n) is 14.3. The number of hydrogen-bond acceptors (Lipinski definition) is 4. The standard InChI is InChI=1S/C19H20ClNO4/c1-12-4-7-15(10-17(12)24-3)19(23)25-13(2)18(22)21-11-14-5-8-16(20)9-6-14/h4-10,13H,11H2,1-3H3,(H,21,22). The number of halogens is 1. The van der Waals surface area contributed by atoms with Crippen LogP contribution in [0.3, 0.4) is 0 Å². The lowest BCUT2D eigenvalue weighted by molar-refractivity contribution is -0.129. The van der Waals surface area contributed by atoms with Gasteiger partial charge in [0.25, 0.3) is 5.91 Å². The van der Waals surface area contributed by atoms with Crippen molar-refractivity contribution in [2.45, 2.75) is 26.5 Å². The normalized spacial score (nSPS) is 11.5. The van der Waals surface area contributed by atoms with Gasteiger partial charge in [-0.05, 0) is 49.2 Å². The molecule has 132 valence electrons. The summed E-state index contributed by atoms with van der Waals surface area (Å²) >= 11 is 5.82. The van der Waals surface area contributed by atoms with E-state index in [-0.39, 0.29) is 5.91 Å². The molecule has 0 fully saturated rings. The van der Waals surface area contributed by atoms with Crippen LogP contribution >= 0.6 is 11.6 Å². The van der Waals surface area contributed by atoms with Gasteiger partial charge >= 0.3 is 5.97 Å². The van der Waals surface area contributed by atoms with E-state index in [2.05, 4.69) is 5.32 Å². The Bertz CT molecular complexity index is 759. The fraction of sp³-hybridized carbons (Fsp3) is 0.263. The number of nitrogens with one attached hydrogen (secondary N) is 1. The van der Waals surface area contributed by atoms with Crippen molar-refractivity contribution >= 4 is 23.5 Å².